The van der Waals surface area contributed by atoms with Crippen LogP contribution in [0, 0.1) is 12.7 Å². The Balaban J connectivity index is 1.81. The summed E-state index contributed by atoms with van der Waals surface area (Å²) in [6.45, 7) is 2.15. The maximum Gasteiger partial charge on any atom is 0.257 e. The van der Waals surface area contributed by atoms with E-state index in [-0.39, 0.29) is 38.0 Å². The molecule has 2 aromatic rings. The number of sulfonamides is 1. The van der Waals surface area contributed by atoms with Crippen molar-refractivity contribution in [2.24, 2.45) is 0 Å². The molecule has 0 radical (unpaired) electrons. The van der Waals surface area contributed by atoms with Crippen molar-refractivity contribution in [2.75, 3.05) is 26.0 Å². The van der Waals surface area contributed by atoms with Gasteiger partial charge in [-0.15, -0.1) is 0 Å². The second-order valence-corrected chi connectivity index (χ2v) is 8.16. The van der Waals surface area contributed by atoms with Gasteiger partial charge in [-0.25, -0.2) is 12.8 Å². The highest BCUT2D eigenvalue weighted by atomic mass is 32.2. The minimum Gasteiger partial charge on any atom is -0.484 e. The first kappa shape index (κ1) is 20.9. The highest BCUT2D eigenvalue weighted by Crippen LogP contribution is 2.11. The molecule has 0 unspecified atom stereocenters. The maximum absolute atomic E-state index is 13.0. The summed E-state index contributed by atoms with van der Waals surface area (Å²) < 4.78 is 43.4. The van der Waals surface area contributed by atoms with Gasteiger partial charge in [0.2, 0.25) is 10.0 Å². The molecule has 0 aliphatic carbocycles. The summed E-state index contributed by atoms with van der Waals surface area (Å²) in [5.41, 5.74) is 1.75. The van der Waals surface area contributed by atoms with Crippen LogP contribution >= 0.6 is 0 Å². The number of ether oxygens (including phenoxy) is 1. The van der Waals surface area contributed by atoms with Gasteiger partial charge in [0.05, 0.1) is 6.26 Å². The molecule has 1 amide bonds. The number of carbonyl (C=O) groups excluding carboxylic acids is 1. The SMILES string of the molecule is Cc1ccc(OCC(=O)NCCN(Cc2ccc(F)cc2)S(C)(=O)=O)cc1. The quantitative estimate of drug-likeness (QED) is 0.707. The number of hydrogen-bond donors (Lipinski definition) is 1. The zero-order chi connectivity index (χ0) is 19.9. The van der Waals surface area contributed by atoms with E-state index in [1.54, 1.807) is 12.1 Å². The fraction of sp³-hybridized carbons (Fsp3) is 0.316. The van der Waals surface area contributed by atoms with E-state index >= 15 is 0 Å². The van der Waals surface area contributed by atoms with Crippen molar-refractivity contribution in [3.05, 3.63) is 65.5 Å². The van der Waals surface area contributed by atoms with Crippen molar-refractivity contribution in [1.29, 1.82) is 0 Å². The zero-order valence-electron chi connectivity index (χ0n) is 15.3. The summed E-state index contributed by atoms with van der Waals surface area (Å²) in [6.07, 6.45) is 1.10. The largest absolute Gasteiger partial charge is 0.484 e. The summed E-state index contributed by atoms with van der Waals surface area (Å²) >= 11 is 0. The Kier molecular flexibility index (Phi) is 7.32. The molecule has 0 aliphatic rings. The van der Waals surface area contributed by atoms with Gasteiger partial charge in [-0.1, -0.05) is 29.8 Å². The van der Waals surface area contributed by atoms with Crippen LogP contribution < -0.4 is 10.1 Å². The lowest BCUT2D eigenvalue weighted by molar-refractivity contribution is -0.123. The molecule has 6 nitrogen and oxygen atoms in total. The fourth-order valence-electron chi connectivity index (χ4n) is 2.31. The molecule has 2 aromatic carbocycles. The van der Waals surface area contributed by atoms with Crippen LogP contribution in [-0.4, -0.2) is 44.6 Å². The van der Waals surface area contributed by atoms with Gasteiger partial charge in [-0.2, -0.15) is 4.31 Å². The molecule has 0 saturated heterocycles. The van der Waals surface area contributed by atoms with E-state index in [1.165, 1.54) is 28.6 Å². The monoisotopic (exact) mass is 394 g/mol. The fourth-order valence-corrected chi connectivity index (χ4v) is 3.12. The van der Waals surface area contributed by atoms with Gasteiger partial charge in [-0.3, -0.25) is 4.79 Å². The Hall–Kier alpha value is -2.45. The van der Waals surface area contributed by atoms with Gasteiger partial charge >= 0.3 is 0 Å². The van der Waals surface area contributed by atoms with E-state index < -0.39 is 10.0 Å². The van der Waals surface area contributed by atoms with Crippen molar-refractivity contribution in [3.8, 4) is 5.75 Å². The Morgan fingerprint density at radius 3 is 2.33 bits per heavy atom. The third kappa shape index (κ3) is 7.36. The van der Waals surface area contributed by atoms with Crippen molar-refractivity contribution >= 4 is 15.9 Å². The lowest BCUT2D eigenvalue weighted by Crippen LogP contribution is -2.39. The lowest BCUT2D eigenvalue weighted by Gasteiger charge is -2.20. The van der Waals surface area contributed by atoms with Crippen LogP contribution in [0.1, 0.15) is 11.1 Å². The van der Waals surface area contributed by atoms with E-state index in [1.807, 2.05) is 19.1 Å². The molecular weight excluding hydrogens is 371 g/mol. The summed E-state index contributed by atoms with van der Waals surface area (Å²) in [4.78, 5) is 11.9. The van der Waals surface area contributed by atoms with E-state index in [0.29, 0.717) is 11.3 Å². The molecule has 8 heteroatoms. The van der Waals surface area contributed by atoms with Gasteiger partial charge in [-0.05, 0) is 36.8 Å². The van der Waals surface area contributed by atoms with E-state index in [2.05, 4.69) is 5.32 Å². The molecule has 146 valence electrons. The molecule has 0 atom stereocenters. The van der Waals surface area contributed by atoms with Crippen molar-refractivity contribution < 1.29 is 22.3 Å². The molecule has 0 fully saturated rings. The van der Waals surface area contributed by atoms with Crippen LogP contribution in [0.3, 0.4) is 0 Å². The number of amides is 1. The molecule has 0 aromatic heterocycles. The van der Waals surface area contributed by atoms with Crippen LogP contribution in [0.5, 0.6) is 5.75 Å². The number of nitrogens with zero attached hydrogens (tertiary/aromatic N) is 1. The first-order valence-corrected chi connectivity index (χ1v) is 10.2. The number of hydrogen-bond acceptors (Lipinski definition) is 4. The molecular formula is C19H23FN2O4S. The molecule has 1 N–H and O–H groups in total. The molecule has 2 rings (SSSR count). The number of benzene rings is 2. The van der Waals surface area contributed by atoms with Gasteiger partial charge in [0.15, 0.2) is 6.61 Å². The average molecular weight is 394 g/mol. The maximum atomic E-state index is 13.0. The van der Waals surface area contributed by atoms with Crippen molar-refractivity contribution in [2.45, 2.75) is 13.5 Å². The summed E-state index contributed by atoms with van der Waals surface area (Å²) in [5.74, 6) is -0.138. The van der Waals surface area contributed by atoms with Crippen LogP contribution in [-0.2, 0) is 21.4 Å². The summed E-state index contributed by atoms with van der Waals surface area (Å²) in [6, 6.07) is 12.9. The highest BCUT2D eigenvalue weighted by Gasteiger charge is 2.17. The summed E-state index contributed by atoms with van der Waals surface area (Å²) in [5, 5.41) is 2.63. The lowest BCUT2D eigenvalue weighted by atomic mass is 10.2. The number of nitrogens with one attached hydrogen (secondary N) is 1. The third-order valence-corrected chi connectivity index (χ3v) is 5.07. The smallest absolute Gasteiger partial charge is 0.257 e. The Morgan fingerprint density at radius 1 is 1.11 bits per heavy atom. The Labute approximate surface area is 159 Å². The van der Waals surface area contributed by atoms with E-state index in [4.69, 9.17) is 4.74 Å². The first-order valence-electron chi connectivity index (χ1n) is 8.40. The number of aryl methyl sites for hydroxylation is 1. The van der Waals surface area contributed by atoms with E-state index in [9.17, 15) is 17.6 Å². The number of carbonyl (C=O) groups is 1. The summed E-state index contributed by atoms with van der Waals surface area (Å²) in [7, 11) is -3.47. The second-order valence-electron chi connectivity index (χ2n) is 6.17. The predicted octanol–water partition coefficient (Wildman–Crippen LogP) is 2.09. The minimum atomic E-state index is -3.47. The van der Waals surface area contributed by atoms with Gasteiger partial charge in [0.1, 0.15) is 11.6 Å². The average Bonchev–Trinajstić information content (AvgIpc) is 2.61. The zero-order valence-corrected chi connectivity index (χ0v) is 16.1. The predicted molar refractivity (Wildman–Crippen MR) is 101 cm³/mol. The van der Waals surface area contributed by atoms with Gasteiger partial charge in [0.25, 0.3) is 5.91 Å². The highest BCUT2D eigenvalue weighted by molar-refractivity contribution is 7.88. The third-order valence-electron chi connectivity index (χ3n) is 3.82. The minimum absolute atomic E-state index is 0.104. The second kappa shape index (κ2) is 9.48. The molecule has 27 heavy (non-hydrogen) atoms. The molecule has 0 aliphatic heterocycles. The van der Waals surface area contributed by atoms with Crippen LogP contribution in [0.25, 0.3) is 0 Å². The van der Waals surface area contributed by atoms with E-state index in [0.717, 1.165) is 11.8 Å². The standard InChI is InChI=1S/C19H23FN2O4S/c1-15-3-9-18(10-4-15)26-14-19(23)21-11-12-22(27(2,24)25)13-16-5-7-17(20)8-6-16/h3-10H,11-14H2,1-2H3,(H,21,23). The molecule has 0 saturated carbocycles. The Bertz CT molecular complexity index is 852. The molecule has 0 bridgehead atoms. The molecule has 0 heterocycles. The van der Waals surface area contributed by atoms with Gasteiger partial charge < -0.3 is 10.1 Å². The normalized spacial score (nSPS) is 11.4. The van der Waals surface area contributed by atoms with Crippen LogP contribution in [0.2, 0.25) is 0 Å². The van der Waals surface area contributed by atoms with Crippen LogP contribution in [0.15, 0.2) is 48.5 Å². The first-order chi connectivity index (χ1) is 12.7. The number of halogens is 1. The van der Waals surface area contributed by atoms with Crippen molar-refractivity contribution in [3.63, 3.8) is 0 Å². The number of rotatable bonds is 9. The topological polar surface area (TPSA) is 75.7 Å². The van der Waals surface area contributed by atoms with Gasteiger partial charge in [0, 0.05) is 19.6 Å². The Morgan fingerprint density at radius 2 is 1.74 bits per heavy atom. The molecule has 0 spiro atoms. The van der Waals surface area contributed by atoms with Crippen molar-refractivity contribution in [1.82, 2.24) is 9.62 Å². The van der Waals surface area contributed by atoms with Crippen LogP contribution in [0.4, 0.5) is 4.39 Å².